The number of H-pyrrole nitrogens is 1. The fourth-order valence-corrected chi connectivity index (χ4v) is 5.07. The number of aryl methyl sites for hydroxylation is 1. The third-order valence-corrected chi connectivity index (χ3v) is 6.28. The van der Waals surface area contributed by atoms with Gasteiger partial charge in [0.1, 0.15) is 0 Å². The van der Waals surface area contributed by atoms with Crippen molar-refractivity contribution in [2.24, 2.45) is 0 Å². The highest BCUT2D eigenvalue weighted by atomic mass is 32.2. The maximum atomic E-state index is 13.0. The van der Waals surface area contributed by atoms with E-state index in [1.807, 2.05) is 36.1 Å². The maximum absolute atomic E-state index is 13.0. The Kier molecular flexibility index (Phi) is 4.07. The topological polar surface area (TPSA) is 39.3 Å². The molecule has 2 aliphatic rings. The van der Waals surface area contributed by atoms with E-state index in [2.05, 4.69) is 21.6 Å². The lowest BCUT2D eigenvalue weighted by Crippen LogP contribution is -2.52. The van der Waals surface area contributed by atoms with Crippen LogP contribution in [0.15, 0.2) is 24.3 Å². The van der Waals surface area contributed by atoms with Crippen LogP contribution in [0.2, 0.25) is 0 Å². The van der Waals surface area contributed by atoms with Gasteiger partial charge >= 0.3 is 0 Å². The van der Waals surface area contributed by atoms with Crippen molar-refractivity contribution >= 4 is 28.6 Å². The number of thioether (sulfide) groups is 1. The summed E-state index contributed by atoms with van der Waals surface area (Å²) in [6.07, 6.45) is 1.31. The van der Waals surface area contributed by atoms with E-state index < -0.39 is 0 Å². The molecule has 2 saturated heterocycles. The number of rotatable bonds is 2. The fourth-order valence-electron chi connectivity index (χ4n) is 3.81. The highest BCUT2D eigenvalue weighted by Gasteiger charge is 2.29. The van der Waals surface area contributed by atoms with Crippen LogP contribution in [0.25, 0.3) is 10.9 Å². The summed E-state index contributed by atoms with van der Waals surface area (Å²) in [7, 11) is 0. The molecule has 23 heavy (non-hydrogen) atoms. The Hall–Kier alpha value is -1.46. The largest absolute Gasteiger partial charge is 0.358 e. The van der Waals surface area contributed by atoms with E-state index in [4.69, 9.17) is 0 Å². The highest BCUT2D eigenvalue weighted by molar-refractivity contribution is 7.99. The number of para-hydroxylation sites is 1. The number of fused-ring (bicyclic) bond motifs is 1. The Labute approximate surface area is 141 Å². The summed E-state index contributed by atoms with van der Waals surface area (Å²) in [5.41, 5.74) is 2.88. The monoisotopic (exact) mass is 329 g/mol. The molecule has 1 atom stereocenters. The molecule has 122 valence electrons. The third kappa shape index (κ3) is 2.76. The molecule has 5 heteroatoms. The van der Waals surface area contributed by atoms with Crippen LogP contribution in [0.5, 0.6) is 0 Å². The normalized spacial score (nSPS) is 22.8. The van der Waals surface area contributed by atoms with Crippen LogP contribution in [0.3, 0.4) is 0 Å². The smallest absolute Gasteiger partial charge is 0.256 e. The average molecular weight is 329 g/mol. The van der Waals surface area contributed by atoms with Crippen molar-refractivity contribution in [3.8, 4) is 0 Å². The standard InChI is InChI=1S/C18H23N3OS/c1-13-17(15-4-2-3-5-16(15)19-13)18(22)21-9-7-20(8-10-21)14-6-11-23-12-14/h2-5,14,19H,6-12H2,1H3/t14-/m0/s1. The van der Waals surface area contributed by atoms with Crippen molar-refractivity contribution in [3.05, 3.63) is 35.5 Å². The van der Waals surface area contributed by atoms with Crippen molar-refractivity contribution < 1.29 is 4.79 Å². The van der Waals surface area contributed by atoms with Gasteiger partial charge in [-0.25, -0.2) is 0 Å². The van der Waals surface area contributed by atoms with Gasteiger partial charge < -0.3 is 9.88 Å². The Morgan fingerprint density at radius 1 is 1.22 bits per heavy atom. The average Bonchev–Trinajstić information content (AvgIpc) is 3.21. The molecule has 4 nitrogen and oxygen atoms in total. The quantitative estimate of drug-likeness (QED) is 0.921. The van der Waals surface area contributed by atoms with Crippen LogP contribution in [0, 0.1) is 6.92 Å². The van der Waals surface area contributed by atoms with Crippen molar-refractivity contribution in [1.29, 1.82) is 0 Å². The Bertz CT molecular complexity index is 712. The lowest BCUT2D eigenvalue weighted by Gasteiger charge is -2.37. The van der Waals surface area contributed by atoms with E-state index in [0.717, 1.165) is 54.4 Å². The zero-order valence-electron chi connectivity index (χ0n) is 13.5. The van der Waals surface area contributed by atoms with Crippen LogP contribution in [0.4, 0.5) is 0 Å². The minimum atomic E-state index is 0.181. The van der Waals surface area contributed by atoms with Gasteiger partial charge in [0, 0.05) is 54.6 Å². The molecule has 1 amide bonds. The molecule has 2 aliphatic heterocycles. The summed E-state index contributed by atoms with van der Waals surface area (Å²) in [5, 5.41) is 1.05. The molecular weight excluding hydrogens is 306 g/mol. The van der Waals surface area contributed by atoms with E-state index in [1.54, 1.807) is 0 Å². The van der Waals surface area contributed by atoms with E-state index in [1.165, 1.54) is 17.9 Å². The number of amides is 1. The van der Waals surface area contributed by atoms with Gasteiger partial charge in [-0.15, -0.1) is 0 Å². The van der Waals surface area contributed by atoms with Crippen LogP contribution in [-0.4, -0.2) is 64.4 Å². The summed E-state index contributed by atoms with van der Waals surface area (Å²) < 4.78 is 0. The predicted octanol–water partition coefficient (Wildman–Crippen LogP) is 2.74. The molecule has 1 aromatic heterocycles. The molecule has 0 saturated carbocycles. The van der Waals surface area contributed by atoms with E-state index in [9.17, 15) is 4.79 Å². The van der Waals surface area contributed by atoms with Crippen LogP contribution >= 0.6 is 11.8 Å². The molecule has 0 spiro atoms. The Morgan fingerprint density at radius 3 is 2.74 bits per heavy atom. The molecule has 1 aromatic carbocycles. The fraction of sp³-hybridized carbons (Fsp3) is 0.500. The number of aromatic nitrogens is 1. The van der Waals surface area contributed by atoms with Gasteiger partial charge in [0.25, 0.3) is 5.91 Å². The molecule has 1 N–H and O–H groups in total. The second-order valence-corrected chi connectivity index (χ2v) is 7.67. The number of benzene rings is 1. The number of nitrogens with one attached hydrogen (secondary N) is 1. The number of carbonyl (C=O) groups is 1. The minimum Gasteiger partial charge on any atom is -0.358 e. The van der Waals surface area contributed by atoms with Gasteiger partial charge in [0.2, 0.25) is 0 Å². The van der Waals surface area contributed by atoms with Gasteiger partial charge in [0.05, 0.1) is 5.56 Å². The first-order valence-electron chi connectivity index (χ1n) is 8.42. The lowest BCUT2D eigenvalue weighted by molar-refractivity contribution is 0.0589. The maximum Gasteiger partial charge on any atom is 0.256 e. The highest BCUT2D eigenvalue weighted by Crippen LogP contribution is 2.26. The number of nitrogens with zero attached hydrogens (tertiary/aromatic N) is 2. The molecule has 0 bridgehead atoms. The summed E-state index contributed by atoms with van der Waals surface area (Å²) in [6, 6.07) is 8.81. The summed E-state index contributed by atoms with van der Waals surface area (Å²) in [6.45, 7) is 5.72. The first-order valence-corrected chi connectivity index (χ1v) is 9.58. The molecule has 3 heterocycles. The molecule has 2 aromatic rings. The molecule has 0 radical (unpaired) electrons. The van der Waals surface area contributed by atoms with E-state index >= 15 is 0 Å². The van der Waals surface area contributed by atoms with E-state index in [-0.39, 0.29) is 5.91 Å². The van der Waals surface area contributed by atoms with Gasteiger partial charge in [0.15, 0.2) is 0 Å². The number of piperazine rings is 1. The SMILES string of the molecule is Cc1[nH]c2ccccc2c1C(=O)N1CCN([C@H]2CCSC2)CC1. The molecule has 4 rings (SSSR count). The van der Waals surface area contributed by atoms with Crippen LogP contribution < -0.4 is 0 Å². The van der Waals surface area contributed by atoms with Gasteiger partial charge in [-0.05, 0) is 25.2 Å². The number of hydrogen-bond donors (Lipinski definition) is 1. The Morgan fingerprint density at radius 2 is 2.00 bits per heavy atom. The van der Waals surface area contributed by atoms with Crippen molar-refractivity contribution in [3.63, 3.8) is 0 Å². The Balaban J connectivity index is 1.50. The molecule has 0 aliphatic carbocycles. The summed E-state index contributed by atoms with van der Waals surface area (Å²) >= 11 is 2.06. The van der Waals surface area contributed by atoms with Gasteiger partial charge in [-0.2, -0.15) is 11.8 Å². The second-order valence-electron chi connectivity index (χ2n) is 6.52. The van der Waals surface area contributed by atoms with Crippen LogP contribution in [0.1, 0.15) is 22.5 Å². The van der Waals surface area contributed by atoms with Crippen molar-refractivity contribution in [2.45, 2.75) is 19.4 Å². The zero-order chi connectivity index (χ0) is 15.8. The zero-order valence-corrected chi connectivity index (χ0v) is 14.4. The first-order chi connectivity index (χ1) is 11.2. The van der Waals surface area contributed by atoms with Crippen molar-refractivity contribution in [1.82, 2.24) is 14.8 Å². The molecule has 0 unspecified atom stereocenters. The number of carbonyl (C=O) groups excluding carboxylic acids is 1. The predicted molar refractivity (Wildman–Crippen MR) is 96.2 cm³/mol. The summed E-state index contributed by atoms with van der Waals surface area (Å²) in [4.78, 5) is 21.0. The molecular formula is C18H23N3OS. The van der Waals surface area contributed by atoms with Gasteiger partial charge in [-0.3, -0.25) is 9.69 Å². The van der Waals surface area contributed by atoms with Gasteiger partial charge in [-0.1, -0.05) is 18.2 Å². The minimum absolute atomic E-state index is 0.181. The third-order valence-electron chi connectivity index (χ3n) is 5.13. The summed E-state index contributed by atoms with van der Waals surface area (Å²) in [5.74, 6) is 2.73. The number of aromatic amines is 1. The molecule has 2 fully saturated rings. The van der Waals surface area contributed by atoms with Crippen LogP contribution in [-0.2, 0) is 0 Å². The first kappa shape index (κ1) is 15.1. The number of hydrogen-bond acceptors (Lipinski definition) is 3. The lowest BCUT2D eigenvalue weighted by atomic mass is 10.1. The van der Waals surface area contributed by atoms with Crippen molar-refractivity contribution in [2.75, 3.05) is 37.7 Å². The second kappa shape index (κ2) is 6.21. The van der Waals surface area contributed by atoms with E-state index in [0.29, 0.717) is 0 Å².